The third-order valence-electron chi connectivity index (χ3n) is 1.81. The van der Waals surface area contributed by atoms with E-state index >= 15 is 0 Å². The summed E-state index contributed by atoms with van der Waals surface area (Å²) in [6.45, 7) is 5.28. The minimum atomic E-state index is 0.265. The largest absolute Gasteiger partial charge is 0.374 e. The second-order valence-corrected chi connectivity index (χ2v) is 4.05. The predicted molar refractivity (Wildman–Crippen MR) is 55.6 cm³/mol. The first-order chi connectivity index (χ1) is 6.24. The van der Waals surface area contributed by atoms with Crippen LogP contribution in [0.25, 0.3) is 0 Å². The summed E-state index contributed by atoms with van der Waals surface area (Å²) in [7, 11) is 0. The van der Waals surface area contributed by atoms with Gasteiger partial charge in [0.1, 0.15) is 5.01 Å². The molecule has 1 unspecified atom stereocenters. The Hall–Kier alpha value is -0.680. The van der Waals surface area contributed by atoms with Gasteiger partial charge in [0.25, 0.3) is 0 Å². The Morgan fingerprint density at radius 1 is 1.54 bits per heavy atom. The maximum absolute atomic E-state index is 5.49. The van der Waals surface area contributed by atoms with E-state index in [0.29, 0.717) is 5.13 Å². The normalized spacial score (nSPS) is 13.1. The molecule has 13 heavy (non-hydrogen) atoms. The molecule has 0 bridgehead atoms. The van der Waals surface area contributed by atoms with E-state index in [1.807, 2.05) is 0 Å². The summed E-state index contributed by atoms with van der Waals surface area (Å²) in [4.78, 5) is 0. The molecule has 0 aliphatic carbocycles. The van der Waals surface area contributed by atoms with Crippen molar-refractivity contribution in [2.24, 2.45) is 0 Å². The summed E-state index contributed by atoms with van der Waals surface area (Å²) in [5.74, 6) is 0. The lowest BCUT2D eigenvalue weighted by molar-refractivity contribution is 0.549. The van der Waals surface area contributed by atoms with Crippen LogP contribution in [0.1, 0.15) is 37.7 Å². The quantitative estimate of drug-likeness (QED) is 0.708. The second-order valence-electron chi connectivity index (χ2n) is 3.01. The lowest BCUT2D eigenvalue weighted by Crippen LogP contribution is -2.19. The molecule has 0 aliphatic rings. The van der Waals surface area contributed by atoms with Gasteiger partial charge in [-0.1, -0.05) is 24.7 Å². The van der Waals surface area contributed by atoms with Gasteiger partial charge < -0.3 is 11.1 Å². The molecule has 74 valence electrons. The van der Waals surface area contributed by atoms with Crippen LogP contribution in [0.3, 0.4) is 0 Å². The third kappa shape index (κ3) is 3.28. The van der Waals surface area contributed by atoms with Crippen LogP contribution in [-0.4, -0.2) is 16.7 Å². The number of unbranched alkanes of at least 4 members (excludes halogenated alkanes) is 1. The molecule has 1 heterocycles. The van der Waals surface area contributed by atoms with Crippen molar-refractivity contribution in [1.29, 1.82) is 0 Å². The van der Waals surface area contributed by atoms with Gasteiger partial charge in [0.05, 0.1) is 6.04 Å². The molecule has 3 N–H and O–H groups in total. The van der Waals surface area contributed by atoms with Crippen LogP contribution >= 0.6 is 11.3 Å². The number of nitrogen functional groups attached to an aromatic ring is 1. The maximum Gasteiger partial charge on any atom is 0.203 e. The molecular formula is C8H16N4S. The van der Waals surface area contributed by atoms with Crippen LogP contribution in [-0.2, 0) is 0 Å². The van der Waals surface area contributed by atoms with Crippen LogP contribution < -0.4 is 11.1 Å². The Morgan fingerprint density at radius 3 is 2.85 bits per heavy atom. The van der Waals surface area contributed by atoms with E-state index in [-0.39, 0.29) is 6.04 Å². The predicted octanol–water partition coefficient (Wildman–Crippen LogP) is 1.57. The minimum absolute atomic E-state index is 0.265. The fourth-order valence-corrected chi connectivity index (χ4v) is 1.64. The number of nitrogens with one attached hydrogen (secondary N) is 1. The highest BCUT2D eigenvalue weighted by Crippen LogP contribution is 2.18. The molecule has 5 heteroatoms. The summed E-state index contributed by atoms with van der Waals surface area (Å²) in [5, 5.41) is 12.6. The molecule has 0 saturated carbocycles. The lowest BCUT2D eigenvalue weighted by atomic mass is 10.3. The summed E-state index contributed by atoms with van der Waals surface area (Å²) in [6, 6.07) is 0.265. The van der Waals surface area contributed by atoms with Gasteiger partial charge in [0.2, 0.25) is 5.13 Å². The highest BCUT2D eigenvalue weighted by Gasteiger charge is 2.08. The number of nitrogens with zero attached hydrogens (tertiary/aromatic N) is 2. The molecule has 1 rings (SSSR count). The van der Waals surface area contributed by atoms with Crippen molar-refractivity contribution in [3.8, 4) is 0 Å². The number of hydrogen-bond donors (Lipinski definition) is 2. The van der Waals surface area contributed by atoms with E-state index in [0.717, 1.165) is 11.6 Å². The van der Waals surface area contributed by atoms with Crippen molar-refractivity contribution >= 4 is 16.5 Å². The van der Waals surface area contributed by atoms with Crippen LogP contribution in [0.15, 0.2) is 0 Å². The van der Waals surface area contributed by atoms with Gasteiger partial charge in [-0.15, -0.1) is 10.2 Å². The van der Waals surface area contributed by atoms with Crippen LogP contribution in [0.2, 0.25) is 0 Å². The zero-order valence-electron chi connectivity index (χ0n) is 8.08. The first kappa shape index (κ1) is 10.4. The molecule has 0 saturated heterocycles. The third-order valence-corrected chi connectivity index (χ3v) is 2.74. The van der Waals surface area contributed by atoms with Gasteiger partial charge in [0.15, 0.2) is 0 Å². The molecule has 1 atom stereocenters. The average molecular weight is 200 g/mol. The van der Waals surface area contributed by atoms with Crippen molar-refractivity contribution in [1.82, 2.24) is 15.5 Å². The summed E-state index contributed by atoms with van der Waals surface area (Å²) >= 11 is 1.45. The molecule has 0 aliphatic heterocycles. The summed E-state index contributed by atoms with van der Waals surface area (Å²) in [6.07, 6.45) is 2.40. The van der Waals surface area contributed by atoms with Crippen molar-refractivity contribution in [2.75, 3.05) is 12.3 Å². The Labute approximate surface area is 82.6 Å². The fraction of sp³-hybridized carbons (Fsp3) is 0.750. The zero-order valence-corrected chi connectivity index (χ0v) is 8.90. The molecule has 0 fully saturated rings. The Kier molecular flexibility index (Phi) is 4.11. The number of hydrogen-bond acceptors (Lipinski definition) is 5. The second kappa shape index (κ2) is 5.14. The van der Waals surface area contributed by atoms with Crippen LogP contribution in [0, 0.1) is 0 Å². The van der Waals surface area contributed by atoms with E-state index in [1.165, 1.54) is 24.2 Å². The molecule has 1 aromatic heterocycles. The number of nitrogens with two attached hydrogens (primary N) is 1. The van der Waals surface area contributed by atoms with Gasteiger partial charge in [0, 0.05) is 0 Å². The summed E-state index contributed by atoms with van der Waals surface area (Å²) < 4.78 is 0. The Balaban J connectivity index is 2.35. The van der Waals surface area contributed by atoms with Crippen molar-refractivity contribution in [3.63, 3.8) is 0 Å². The molecule has 0 aromatic carbocycles. The number of rotatable bonds is 5. The topological polar surface area (TPSA) is 63.8 Å². The van der Waals surface area contributed by atoms with Crippen LogP contribution in [0.4, 0.5) is 5.13 Å². The molecule has 1 aromatic rings. The minimum Gasteiger partial charge on any atom is -0.374 e. The Morgan fingerprint density at radius 2 is 2.31 bits per heavy atom. The fourth-order valence-electron chi connectivity index (χ4n) is 1.00. The first-order valence-electron chi connectivity index (χ1n) is 4.56. The number of anilines is 1. The smallest absolute Gasteiger partial charge is 0.203 e. The van der Waals surface area contributed by atoms with E-state index < -0.39 is 0 Å². The maximum atomic E-state index is 5.49. The average Bonchev–Trinajstić information content (AvgIpc) is 2.52. The molecule has 0 radical (unpaired) electrons. The van der Waals surface area contributed by atoms with Crippen molar-refractivity contribution in [3.05, 3.63) is 5.01 Å². The molecule has 0 spiro atoms. The van der Waals surface area contributed by atoms with E-state index in [9.17, 15) is 0 Å². The van der Waals surface area contributed by atoms with Gasteiger partial charge in [-0.05, 0) is 19.9 Å². The molecule has 4 nitrogen and oxygen atoms in total. The van der Waals surface area contributed by atoms with E-state index in [1.54, 1.807) is 0 Å². The van der Waals surface area contributed by atoms with E-state index in [2.05, 4.69) is 29.4 Å². The zero-order chi connectivity index (χ0) is 9.68. The van der Waals surface area contributed by atoms with Crippen LogP contribution in [0.5, 0.6) is 0 Å². The van der Waals surface area contributed by atoms with Crippen molar-refractivity contribution < 1.29 is 0 Å². The van der Waals surface area contributed by atoms with Crippen molar-refractivity contribution in [2.45, 2.75) is 32.7 Å². The Bertz CT molecular complexity index is 248. The first-order valence-corrected chi connectivity index (χ1v) is 5.38. The monoisotopic (exact) mass is 200 g/mol. The van der Waals surface area contributed by atoms with Gasteiger partial charge in [-0.3, -0.25) is 0 Å². The summed E-state index contributed by atoms with van der Waals surface area (Å²) in [5.41, 5.74) is 5.49. The van der Waals surface area contributed by atoms with Gasteiger partial charge in [-0.25, -0.2) is 0 Å². The SMILES string of the molecule is CCCCNC(C)c1nnc(N)s1. The lowest BCUT2D eigenvalue weighted by Gasteiger charge is -2.08. The molecule has 0 amide bonds. The van der Waals surface area contributed by atoms with Gasteiger partial charge in [-0.2, -0.15) is 0 Å². The highest BCUT2D eigenvalue weighted by molar-refractivity contribution is 7.15. The van der Waals surface area contributed by atoms with Gasteiger partial charge >= 0.3 is 0 Å². The number of aromatic nitrogens is 2. The van der Waals surface area contributed by atoms with E-state index in [4.69, 9.17) is 5.73 Å². The highest BCUT2D eigenvalue weighted by atomic mass is 32.1. The standard InChI is InChI=1S/C8H16N4S/c1-3-4-5-10-6(2)7-11-12-8(9)13-7/h6,10H,3-5H2,1-2H3,(H2,9,12). The molecular weight excluding hydrogens is 184 g/mol.